The predicted molar refractivity (Wildman–Crippen MR) is 110 cm³/mol. The molecule has 0 amide bonds. The van der Waals surface area contributed by atoms with Crippen LogP contribution in [0, 0.1) is 5.82 Å². The standard InChI is InChI=1S/C23H23ClFNO2/c24-21-8-3-9-22(25)20(21)15-28-23-11-10-16-5-1-2-7-18(16)19(23)14-26-13-17-6-4-12-27-17/h1-3,5,7-11,17,26H,4,6,12-15H2/t17-/m1/s1. The molecule has 0 unspecified atom stereocenters. The summed E-state index contributed by atoms with van der Waals surface area (Å²) in [7, 11) is 0. The van der Waals surface area contributed by atoms with Gasteiger partial charge in [-0.3, -0.25) is 0 Å². The van der Waals surface area contributed by atoms with E-state index < -0.39 is 0 Å². The summed E-state index contributed by atoms with van der Waals surface area (Å²) in [5.74, 6) is 0.379. The summed E-state index contributed by atoms with van der Waals surface area (Å²) < 4.78 is 25.8. The average molecular weight is 400 g/mol. The van der Waals surface area contributed by atoms with Crippen molar-refractivity contribution in [1.82, 2.24) is 5.32 Å². The van der Waals surface area contributed by atoms with Crippen LogP contribution in [0.15, 0.2) is 54.6 Å². The number of hydrogen-bond donors (Lipinski definition) is 1. The molecular weight excluding hydrogens is 377 g/mol. The molecule has 1 N–H and O–H groups in total. The van der Waals surface area contributed by atoms with Crippen LogP contribution in [0.25, 0.3) is 10.8 Å². The van der Waals surface area contributed by atoms with Gasteiger partial charge < -0.3 is 14.8 Å². The number of rotatable bonds is 7. The summed E-state index contributed by atoms with van der Waals surface area (Å²) in [4.78, 5) is 0. The molecule has 0 radical (unpaired) electrons. The van der Waals surface area contributed by atoms with Gasteiger partial charge in [-0.2, -0.15) is 0 Å². The van der Waals surface area contributed by atoms with Crippen LogP contribution in [0.4, 0.5) is 4.39 Å². The van der Waals surface area contributed by atoms with Crippen LogP contribution in [0.3, 0.4) is 0 Å². The molecule has 0 bridgehead atoms. The fraction of sp³-hybridized carbons (Fsp3) is 0.304. The number of hydrogen-bond acceptors (Lipinski definition) is 3. The third-order valence-corrected chi connectivity index (χ3v) is 5.48. The Morgan fingerprint density at radius 2 is 1.96 bits per heavy atom. The van der Waals surface area contributed by atoms with Gasteiger partial charge in [0.25, 0.3) is 0 Å². The van der Waals surface area contributed by atoms with Gasteiger partial charge in [-0.1, -0.05) is 48.0 Å². The van der Waals surface area contributed by atoms with Gasteiger partial charge in [-0.15, -0.1) is 0 Å². The molecule has 0 saturated carbocycles. The summed E-state index contributed by atoms with van der Waals surface area (Å²) in [5.41, 5.74) is 1.43. The Hall–Kier alpha value is -2.14. The molecule has 1 aliphatic heterocycles. The maximum atomic E-state index is 14.1. The normalized spacial score (nSPS) is 16.6. The van der Waals surface area contributed by atoms with Crippen LogP contribution in [-0.4, -0.2) is 19.3 Å². The number of benzene rings is 3. The maximum Gasteiger partial charge on any atom is 0.131 e. The Balaban J connectivity index is 1.56. The van der Waals surface area contributed by atoms with Crippen LogP contribution in [0.2, 0.25) is 5.02 Å². The van der Waals surface area contributed by atoms with Crippen molar-refractivity contribution < 1.29 is 13.9 Å². The minimum atomic E-state index is -0.355. The van der Waals surface area contributed by atoms with E-state index in [0.717, 1.165) is 48.1 Å². The van der Waals surface area contributed by atoms with Gasteiger partial charge in [0.05, 0.1) is 11.1 Å². The Labute approximate surface area is 169 Å². The van der Waals surface area contributed by atoms with Crippen LogP contribution in [0.5, 0.6) is 5.75 Å². The Kier molecular flexibility index (Phi) is 6.10. The van der Waals surface area contributed by atoms with Crippen LogP contribution < -0.4 is 10.1 Å². The average Bonchev–Trinajstić information content (AvgIpc) is 3.22. The first-order valence-electron chi connectivity index (χ1n) is 9.61. The second-order valence-corrected chi connectivity index (χ2v) is 7.43. The first-order chi connectivity index (χ1) is 13.7. The molecule has 146 valence electrons. The number of halogens is 2. The second-order valence-electron chi connectivity index (χ2n) is 7.02. The van der Waals surface area contributed by atoms with Crippen molar-refractivity contribution in [3.63, 3.8) is 0 Å². The first-order valence-corrected chi connectivity index (χ1v) is 9.99. The second kappa shape index (κ2) is 8.91. The van der Waals surface area contributed by atoms with Crippen LogP contribution in [-0.2, 0) is 17.9 Å². The minimum Gasteiger partial charge on any atom is -0.488 e. The molecule has 3 nitrogen and oxygen atoms in total. The molecule has 28 heavy (non-hydrogen) atoms. The molecule has 5 heteroatoms. The van der Waals surface area contributed by atoms with Gasteiger partial charge >= 0.3 is 0 Å². The Bertz CT molecular complexity index is 936. The lowest BCUT2D eigenvalue weighted by Crippen LogP contribution is -2.26. The lowest BCUT2D eigenvalue weighted by atomic mass is 10.0. The highest BCUT2D eigenvalue weighted by molar-refractivity contribution is 6.31. The molecule has 1 heterocycles. The highest BCUT2D eigenvalue weighted by atomic mass is 35.5. The molecule has 0 aliphatic carbocycles. The number of ether oxygens (including phenoxy) is 2. The van der Waals surface area contributed by atoms with E-state index in [0.29, 0.717) is 17.1 Å². The van der Waals surface area contributed by atoms with Crippen LogP contribution >= 0.6 is 11.6 Å². The smallest absolute Gasteiger partial charge is 0.131 e. The van der Waals surface area contributed by atoms with Gasteiger partial charge in [0.2, 0.25) is 0 Å². The third-order valence-electron chi connectivity index (χ3n) is 5.13. The molecule has 3 aromatic rings. The van der Waals surface area contributed by atoms with E-state index in [1.54, 1.807) is 12.1 Å². The fourth-order valence-corrected chi connectivity index (χ4v) is 3.83. The van der Waals surface area contributed by atoms with Gasteiger partial charge in [-0.25, -0.2) is 4.39 Å². The predicted octanol–water partition coefficient (Wildman–Crippen LogP) is 5.48. The van der Waals surface area contributed by atoms with Crippen molar-refractivity contribution in [2.75, 3.05) is 13.2 Å². The zero-order chi connectivity index (χ0) is 19.3. The van der Waals surface area contributed by atoms with E-state index in [-0.39, 0.29) is 18.5 Å². The van der Waals surface area contributed by atoms with Crippen molar-refractivity contribution in [2.45, 2.75) is 32.1 Å². The maximum absolute atomic E-state index is 14.1. The van der Waals surface area contributed by atoms with E-state index in [2.05, 4.69) is 17.4 Å². The molecular formula is C23H23ClFNO2. The van der Waals surface area contributed by atoms with Gasteiger partial charge in [-0.05, 0) is 41.8 Å². The summed E-state index contributed by atoms with van der Waals surface area (Å²) in [6, 6.07) is 16.8. The monoisotopic (exact) mass is 399 g/mol. The zero-order valence-electron chi connectivity index (χ0n) is 15.6. The first kappa shape index (κ1) is 19.2. The van der Waals surface area contributed by atoms with E-state index in [4.69, 9.17) is 21.1 Å². The van der Waals surface area contributed by atoms with Gasteiger partial charge in [0, 0.05) is 30.8 Å². The van der Waals surface area contributed by atoms with Crippen molar-refractivity contribution in [1.29, 1.82) is 0 Å². The third kappa shape index (κ3) is 4.30. The summed E-state index contributed by atoms with van der Waals surface area (Å²) >= 11 is 6.14. The molecule has 4 rings (SSSR count). The van der Waals surface area contributed by atoms with Crippen molar-refractivity contribution in [3.05, 3.63) is 76.6 Å². The highest BCUT2D eigenvalue weighted by Gasteiger charge is 2.16. The minimum absolute atomic E-state index is 0.0859. The summed E-state index contributed by atoms with van der Waals surface area (Å²) in [6.45, 7) is 2.39. The van der Waals surface area contributed by atoms with E-state index in [9.17, 15) is 4.39 Å². The SMILES string of the molecule is Fc1cccc(Cl)c1COc1ccc2ccccc2c1CNC[C@H]1CCCO1. The molecule has 3 aromatic carbocycles. The van der Waals surface area contributed by atoms with E-state index in [1.165, 1.54) is 6.07 Å². The summed E-state index contributed by atoms with van der Waals surface area (Å²) in [6.07, 6.45) is 2.49. The lowest BCUT2D eigenvalue weighted by Gasteiger charge is -2.17. The number of nitrogens with one attached hydrogen (secondary N) is 1. The quantitative estimate of drug-likeness (QED) is 0.570. The fourth-order valence-electron chi connectivity index (χ4n) is 3.62. The topological polar surface area (TPSA) is 30.5 Å². The molecule has 1 atom stereocenters. The number of fused-ring (bicyclic) bond motifs is 1. The van der Waals surface area contributed by atoms with E-state index >= 15 is 0 Å². The van der Waals surface area contributed by atoms with Gasteiger partial charge in [0.15, 0.2) is 0 Å². The molecule has 0 spiro atoms. The van der Waals surface area contributed by atoms with Crippen molar-refractivity contribution in [2.24, 2.45) is 0 Å². The Morgan fingerprint density at radius 3 is 2.79 bits per heavy atom. The zero-order valence-corrected chi connectivity index (χ0v) is 16.3. The molecule has 1 aliphatic rings. The summed E-state index contributed by atoms with van der Waals surface area (Å²) in [5, 5.41) is 6.14. The lowest BCUT2D eigenvalue weighted by molar-refractivity contribution is 0.110. The largest absolute Gasteiger partial charge is 0.488 e. The van der Waals surface area contributed by atoms with Crippen molar-refractivity contribution >= 4 is 22.4 Å². The molecule has 0 aromatic heterocycles. The van der Waals surface area contributed by atoms with Crippen molar-refractivity contribution in [3.8, 4) is 5.75 Å². The van der Waals surface area contributed by atoms with E-state index in [1.807, 2.05) is 24.3 Å². The Morgan fingerprint density at radius 1 is 1.07 bits per heavy atom. The molecule has 1 saturated heterocycles. The molecule has 1 fully saturated rings. The van der Waals surface area contributed by atoms with Crippen LogP contribution in [0.1, 0.15) is 24.0 Å². The highest BCUT2D eigenvalue weighted by Crippen LogP contribution is 2.30. The van der Waals surface area contributed by atoms with Gasteiger partial charge in [0.1, 0.15) is 18.2 Å².